The summed E-state index contributed by atoms with van der Waals surface area (Å²) in [4.78, 5) is 10.9. The van der Waals surface area contributed by atoms with Gasteiger partial charge in [0, 0.05) is 4.47 Å². The van der Waals surface area contributed by atoms with E-state index in [0.717, 1.165) is 10.0 Å². The molecule has 0 aliphatic carbocycles. The zero-order valence-electron chi connectivity index (χ0n) is 8.32. The summed E-state index contributed by atoms with van der Waals surface area (Å²) in [5.41, 5.74) is 6.40. The molecule has 1 atom stereocenters. The Balaban J connectivity index is 2.65. The van der Waals surface area contributed by atoms with Crippen LogP contribution in [0.1, 0.15) is 12.0 Å². The van der Waals surface area contributed by atoms with E-state index in [2.05, 4.69) is 15.9 Å². The van der Waals surface area contributed by atoms with Gasteiger partial charge in [-0.25, -0.2) is 0 Å². The monoisotopic (exact) mass is 271 g/mol. The lowest BCUT2D eigenvalue weighted by atomic mass is 9.96. The van der Waals surface area contributed by atoms with Gasteiger partial charge >= 0.3 is 5.97 Å². The number of carbonyl (C=O) groups is 1. The molecule has 0 spiro atoms. The second kappa shape index (κ2) is 5.88. The SMILES string of the molecule is NCCC(Cc1ccc(Br)cc1)C(=O)O. The minimum atomic E-state index is -0.775. The van der Waals surface area contributed by atoms with E-state index in [-0.39, 0.29) is 5.92 Å². The van der Waals surface area contributed by atoms with Gasteiger partial charge in [0.1, 0.15) is 0 Å². The highest BCUT2D eigenvalue weighted by Gasteiger charge is 2.16. The topological polar surface area (TPSA) is 63.3 Å². The van der Waals surface area contributed by atoms with Crippen molar-refractivity contribution in [2.24, 2.45) is 11.7 Å². The minimum Gasteiger partial charge on any atom is -0.481 e. The molecule has 0 radical (unpaired) electrons. The fourth-order valence-corrected chi connectivity index (χ4v) is 1.68. The fraction of sp³-hybridized carbons (Fsp3) is 0.364. The molecule has 1 aromatic rings. The number of halogens is 1. The Morgan fingerprint density at radius 3 is 2.47 bits per heavy atom. The maximum atomic E-state index is 10.9. The van der Waals surface area contributed by atoms with Crippen molar-refractivity contribution in [3.63, 3.8) is 0 Å². The van der Waals surface area contributed by atoms with Crippen LogP contribution < -0.4 is 5.73 Å². The highest BCUT2D eigenvalue weighted by Crippen LogP contribution is 2.15. The summed E-state index contributed by atoms with van der Waals surface area (Å²) in [7, 11) is 0. The molecule has 1 unspecified atom stereocenters. The van der Waals surface area contributed by atoms with Gasteiger partial charge in [-0.3, -0.25) is 4.79 Å². The van der Waals surface area contributed by atoms with Crippen molar-refractivity contribution >= 4 is 21.9 Å². The molecule has 3 N–H and O–H groups in total. The molecule has 0 bridgehead atoms. The van der Waals surface area contributed by atoms with Gasteiger partial charge in [0.15, 0.2) is 0 Å². The molecule has 1 aromatic carbocycles. The lowest BCUT2D eigenvalue weighted by molar-refractivity contribution is -0.141. The van der Waals surface area contributed by atoms with Crippen LogP contribution >= 0.6 is 15.9 Å². The number of nitrogens with two attached hydrogens (primary N) is 1. The third kappa shape index (κ3) is 4.01. The van der Waals surface area contributed by atoms with E-state index in [1.54, 1.807) is 0 Å². The van der Waals surface area contributed by atoms with E-state index in [4.69, 9.17) is 10.8 Å². The van der Waals surface area contributed by atoms with Gasteiger partial charge in [-0.1, -0.05) is 28.1 Å². The van der Waals surface area contributed by atoms with Gasteiger partial charge in [0.2, 0.25) is 0 Å². The van der Waals surface area contributed by atoms with Crippen LogP contribution in [0.15, 0.2) is 28.7 Å². The summed E-state index contributed by atoms with van der Waals surface area (Å²) in [5, 5.41) is 8.96. The van der Waals surface area contributed by atoms with Crippen molar-refractivity contribution in [1.82, 2.24) is 0 Å². The Morgan fingerprint density at radius 1 is 1.40 bits per heavy atom. The standard InChI is InChI=1S/C11H14BrNO2/c12-10-3-1-8(2-4-10)7-9(5-6-13)11(14)15/h1-4,9H,5-7,13H2,(H,14,15). The molecule has 0 saturated heterocycles. The number of carboxylic acids is 1. The molecule has 0 fully saturated rings. The number of hydrogen-bond acceptors (Lipinski definition) is 2. The largest absolute Gasteiger partial charge is 0.481 e. The van der Waals surface area contributed by atoms with Gasteiger partial charge < -0.3 is 10.8 Å². The fourth-order valence-electron chi connectivity index (χ4n) is 1.42. The Kier molecular flexibility index (Phi) is 4.78. The smallest absolute Gasteiger partial charge is 0.306 e. The van der Waals surface area contributed by atoms with Crippen LogP contribution in [0.5, 0.6) is 0 Å². The molecule has 0 aliphatic heterocycles. The van der Waals surface area contributed by atoms with Crippen LogP contribution in [0.3, 0.4) is 0 Å². The van der Waals surface area contributed by atoms with Crippen LogP contribution in [0.4, 0.5) is 0 Å². The maximum Gasteiger partial charge on any atom is 0.306 e. The Hall–Kier alpha value is -0.870. The van der Waals surface area contributed by atoms with Crippen molar-refractivity contribution in [3.05, 3.63) is 34.3 Å². The molecule has 0 heterocycles. The first-order chi connectivity index (χ1) is 7.13. The Morgan fingerprint density at radius 2 is 2.00 bits per heavy atom. The maximum absolute atomic E-state index is 10.9. The molecule has 82 valence electrons. The van der Waals surface area contributed by atoms with Gasteiger partial charge in [-0.2, -0.15) is 0 Å². The van der Waals surface area contributed by atoms with Crippen LogP contribution in [-0.4, -0.2) is 17.6 Å². The van der Waals surface area contributed by atoms with Crippen molar-refractivity contribution in [1.29, 1.82) is 0 Å². The summed E-state index contributed by atoms with van der Waals surface area (Å²) >= 11 is 3.34. The average molecular weight is 272 g/mol. The lowest BCUT2D eigenvalue weighted by Gasteiger charge is -2.10. The number of benzene rings is 1. The van der Waals surface area contributed by atoms with Gasteiger partial charge in [-0.15, -0.1) is 0 Å². The number of carboxylic acid groups (broad SMARTS) is 1. The first-order valence-electron chi connectivity index (χ1n) is 4.81. The molecular formula is C11H14BrNO2. The molecule has 1 rings (SSSR count). The summed E-state index contributed by atoms with van der Waals surface area (Å²) in [6, 6.07) is 7.68. The summed E-state index contributed by atoms with van der Waals surface area (Å²) < 4.78 is 0.997. The van der Waals surface area contributed by atoms with Gasteiger partial charge in [-0.05, 0) is 37.1 Å². The molecule has 0 aromatic heterocycles. The average Bonchev–Trinajstić information content (AvgIpc) is 2.20. The van der Waals surface area contributed by atoms with E-state index in [9.17, 15) is 4.79 Å². The number of aliphatic carboxylic acids is 1. The summed E-state index contributed by atoms with van der Waals surface area (Å²) in [6.45, 7) is 0.410. The van der Waals surface area contributed by atoms with E-state index < -0.39 is 5.97 Å². The van der Waals surface area contributed by atoms with Crippen LogP contribution in [0.2, 0.25) is 0 Å². The summed E-state index contributed by atoms with van der Waals surface area (Å²) in [6.07, 6.45) is 1.06. The minimum absolute atomic E-state index is 0.379. The van der Waals surface area contributed by atoms with Crippen LogP contribution in [0, 0.1) is 5.92 Å². The molecule has 3 nitrogen and oxygen atoms in total. The predicted molar refractivity (Wildman–Crippen MR) is 62.6 cm³/mol. The van der Waals surface area contributed by atoms with Gasteiger partial charge in [0.05, 0.1) is 5.92 Å². The van der Waals surface area contributed by atoms with Crippen molar-refractivity contribution in [2.75, 3.05) is 6.54 Å². The van der Waals surface area contributed by atoms with E-state index >= 15 is 0 Å². The highest BCUT2D eigenvalue weighted by molar-refractivity contribution is 9.10. The zero-order chi connectivity index (χ0) is 11.3. The third-order valence-electron chi connectivity index (χ3n) is 2.26. The molecular weight excluding hydrogens is 258 g/mol. The van der Waals surface area contributed by atoms with E-state index in [0.29, 0.717) is 19.4 Å². The first-order valence-corrected chi connectivity index (χ1v) is 5.60. The zero-order valence-corrected chi connectivity index (χ0v) is 9.90. The quantitative estimate of drug-likeness (QED) is 0.862. The molecule has 15 heavy (non-hydrogen) atoms. The van der Waals surface area contributed by atoms with Crippen molar-refractivity contribution in [3.8, 4) is 0 Å². The third-order valence-corrected chi connectivity index (χ3v) is 2.79. The van der Waals surface area contributed by atoms with Gasteiger partial charge in [0.25, 0.3) is 0 Å². The van der Waals surface area contributed by atoms with E-state index in [1.165, 1.54) is 0 Å². The molecule has 0 saturated carbocycles. The number of hydrogen-bond donors (Lipinski definition) is 2. The second-order valence-electron chi connectivity index (χ2n) is 3.44. The van der Waals surface area contributed by atoms with Crippen molar-refractivity contribution < 1.29 is 9.90 Å². The number of rotatable bonds is 5. The summed E-state index contributed by atoms with van der Waals surface area (Å²) in [5.74, 6) is -1.15. The first kappa shape index (κ1) is 12.2. The van der Waals surface area contributed by atoms with E-state index in [1.807, 2.05) is 24.3 Å². The van der Waals surface area contributed by atoms with Crippen LogP contribution in [-0.2, 0) is 11.2 Å². The van der Waals surface area contributed by atoms with Crippen molar-refractivity contribution in [2.45, 2.75) is 12.8 Å². The Labute approximate surface area is 97.4 Å². The normalized spacial score (nSPS) is 12.4. The Bertz CT molecular complexity index is 324. The predicted octanol–water partition coefficient (Wildman–Crippen LogP) is 2.04. The second-order valence-corrected chi connectivity index (χ2v) is 4.36. The lowest BCUT2D eigenvalue weighted by Crippen LogP contribution is -2.20. The highest BCUT2D eigenvalue weighted by atomic mass is 79.9. The van der Waals surface area contributed by atoms with Crippen LogP contribution in [0.25, 0.3) is 0 Å². The molecule has 0 amide bonds. The molecule has 0 aliphatic rings. The molecule has 4 heteroatoms.